The third-order valence-corrected chi connectivity index (χ3v) is 3.93. The lowest BCUT2D eigenvalue weighted by molar-refractivity contribution is -0.123. The summed E-state index contributed by atoms with van der Waals surface area (Å²) in [5.74, 6) is -0.192. The highest BCUT2D eigenvalue weighted by atomic mass is 16.5. The zero-order valence-corrected chi connectivity index (χ0v) is 14.4. The van der Waals surface area contributed by atoms with Gasteiger partial charge >= 0.3 is 0 Å². The number of benzene rings is 2. The van der Waals surface area contributed by atoms with Gasteiger partial charge in [-0.25, -0.2) is 0 Å². The van der Waals surface area contributed by atoms with Crippen LogP contribution < -0.4 is 20.7 Å². The van der Waals surface area contributed by atoms with Gasteiger partial charge in [-0.05, 0) is 43.3 Å². The Balaban J connectivity index is 1.75. The fraction of sp³-hybridized carbons (Fsp3) is 0.263. The largest absolute Gasteiger partial charge is 0.484 e. The second-order valence-electron chi connectivity index (χ2n) is 5.78. The molecule has 0 aromatic heterocycles. The van der Waals surface area contributed by atoms with E-state index in [9.17, 15) is 9.59 Å². The Bertz CT molecular complexity index is 702. The highest BCUT2D eigenvalue weighted by Crippen LogP contribution is 2.14. The maximum atomic E-state index is 11.9. The van der Waals surface area contributed by atoms with Crippen LogP contribution in [-0.4, -0.2) is 38.1 Å². The summed E-state index contributed by atoms with van der Waals surface area (Å²) in [6.07, 6.45) is 0. The van der Waals surface area contributed by atoms with E-state index in [4.69, 9.17) is 10.5 Å². The number of hydrogen-bond acceptors (Lipinski definition) is 4. The average Bonchev–Trinajstić information content (AvgIpc) is 2.64. The third-order valence-electron chi connectivity index (χ3n) is 3.93. The van der Waals surface area contributed by atoms with Crippen molar-refractivity contribution in [2.24, 2.45) is 5.73 Å². The number of nitrogens with zero attached hydrogens (tertiary/aromatic N) is 1. The summed E-state index contributed by atoms with van der Waals surface area (Å²) in [5, 5.41) is 2.85. The molecule has 0 heterocycles. The van der Waals surface area contributed by atoms with Gasteiger partial charge in [0.05, 0.1) is 0 Å². The lowest BCUT2D eigenvalue weighted by Gasteiger charge is -2.27. The van der Waals surface area contributed by atoms with Crippen LogP contribution in [0.15, 0.2) is 54.6 Å². The molecule has 0 aliphatic heterocycles. The summed E-state index contributed by atoms with van der Waals surface area (Å²) in [6, 6.07) is 16.5. The van der Waals surface area contributed by atoms with E-state index in [0.29, 0.717) is 17.9 Å². The van der Waals surface area contributed by atoms with Crippen molar-refractivity contribution in [1.29, 1.82) is 0 Å². The summed E-state index contributed by atoms with van der Waals surface area (Å²) >= 11 is 0. The molecule has 132 valence electrons. The fourth-order valence-corrected chi connectivity index (χ4v) is 2.23. The van der Waals surface area contributed by atoms with Crippen LogP contribution in [-0.2, 0) is 4.79 Å². The number of likely N-dealkylation sites (N-methyl/N-ethyl adjacent to an activating group) is 1. The van der Waals surface area contributed by atoms with Gasteiger partial charge in [-0.3, -0.25) is 9.59 Å². The number of hydrogen-bond donors (Lipinski definition) is 2. The molecule has 25 heavy (non-hydrogen) atoms. The standard InChI is InChI=1S/C19H23N3O3/c1-14(22(2)16-6-4-3-5-7-16)12-21-18(23)13-25-17-10-8-15(9-11-17)19(20)24/h3-11,14H,12-13H2,1-2H3,(H2,20,24)(H,21,23). The van der Waals surface area contributed by atoms with Gasteiger partial charge in [-0.15, -0.1) is 0 Å². The minimum Gasteiger partial charge on any atom is -0.484 e. The summed E-state index contributed by atoms with van der Waals surface area (Å²) < 4.78 is 5.40. The van der Waals surface area contributed by atoms with E-state index in [1.54, 1.807) is 24.3 Å². The van der Waals surface area contributed by atoms with Crippen molar-refractivity contribution >= 4 is 17.5 Å². The third kappa shape index (κ3) is 5.53. The van der Waals surface area contributed by atoms with Gasteiger partial charge in [0.15, 0.2) is 6.61 Å². The molecular weight excluding hydrogens is 318 g/mol. The zero-order chi connectivity index (χ0) is 18.2. The molecule has 2 amide bonds. The maximum absolute atomic E-state index is 11.9. The van der Waals surface area contributed by atoms with Crippen molar-refractivity contribution in [3.8, 4) is 5.75 Å². The van der Waals surface area contributed by atoms with Crippen LogP contribution in [0.4, 0.5) is 5.69 Å². The number of nitrogens with one attached hydrogen (secondary N) is 1. The Morgan fingerprint density at radius 3 is 2.36 bits per heavy atom. The number of anilines is 1. The second kappa shape index (κ2) is 8.73. The molecule has 0 aliphatic carbocycles. The molecule has 0 saturated carbocycles. The molecule has 6 heteroatoms. The van der Waals surface area contributed by atoms with Crippen LogP contribution in [0.5, 0.6) is 5.75 Å². The molecule has 0 saturated heterocycles. The second-order valence-corrected chi connectivity index (χ2v) is 5.78. The van der Waals surface area contributed by atoms with Crippen molar-refractivity contribution < 1.29 is 14.3 Å². The highest BCUT2D eigenvalue weighted by molar-refractivity contribution is 5.92. The Hall–Kier alpha value is -3.02. The molecule has 1 unspecified atom stereocenters. The van der Waals surface area contributed by atoms with Crippen LogP contribution in [0, 0.1) is 0 Å². The maximum Gasteiger partial charge on any atom is 0.258 e. The van der Waals surface area contributed by atoms with Gasteiger partial charge in [0.2, 0.25) is 5.91 Å². The van der Waals surface area contributed by atoms with Crippen LogP contribution in [0.3, 0.4) is 0 Å². The quantitative estimate of drug-likeness (QED) is 0.767. The smallest absolute Gasteiger partial charge is 0.258 e. The summed E-state index contributed by atoms with van der Waals surface area (Å²) in [6.45, 7) is 2.46. The summed E-state index contributed by atoms with van der Waals surface area (Å²) in [7, 11) is 1.99. The normalized spacial score (nSPS) is 11.4. The number of primary amides is 1. The minimum atomic E-state index is -0.499. The minimum absolute atomic E-state index is 0.0856. The fourth-order valence-electron chi connectivity index (χ4n) is 2.23. The first-order valence-corrected chi connectivity index (χ1v) is 8.04. The van der Waals surface area contributed by atoms with Gasteiger partial charge in [0.25, 0.3) is 5.91 Å². The van der Waals surface area contributed by atoms with E-state index in [1.807, 2.05) is 44.3 Å². The first-order valence-electron chi connectivity index (χ1n) is 8.04. The van der Waals surface area contributed by atoms with Gasteiger partial charge in [0, 0.05) is 30.9 Å². The Morgan fingerprint density at radius 1 is 1.12 bits per heavy atom. The lowest BCUT2D eigenvalue weighted by atomic mass is 10.2. The van der Waals surface area contributed by atoms with Gasteiger partial charge in [-0.1, -0.05) is 18.2 Å². The van der Waals surface area contributed by atoms with E-state index in [-0.39, 0.29) is 18.6 Å². The monoisotopic (exact) mass is 341 g/mol. The molecule has 3 N–H and O–H groups in total. The number of carbonyl (C=O) groups excluding carboxylic acids is 2. The first kappa shape index (κ1) is 18.3. The van der Waals surface area contributed by atoms with E-state index >= 15 is 0 Å². The Morgan fingerprint density at radius 2 is 1.76 bits per heavy atom. The predicted octanol–water partition coefficient (Wildman–Crippen LogP) is 1.81. The molecule has 2 aromatic rings. The van der Waals surface area contributed by atoms with Crippen molar-refractivity contribution in [2.75, 3.05) is 25.1 Å². The number of carbonyl (C=O) groups is 2. The topological polar surface area (TPSA) is 84.7 Å². The van der Waals surface area contributed by atoms with Crippen molar-refractivity contribution in [1.82, 2.24) is 5.32 Å². The molecular formula is C19H23N3O3. The molecule has 0 fully saturated rings. The van der Waals surface area contributed by atoms with Crippen LogP contribution in [0.25, 0.3) is 0 Å². The number of rotatable bonds is 8. The van der Waals surface area contributed by atoms with Gasteiger partial charge < -0.3 is 20.7 Å². The van der Waals surface area contributed by atoms with Crippen LogP contribution >= 0.6 is 0 Å². The molecule has 2 rings (SSSR count). The van der Waals surface area contributed by atoms with E-state index in [2.05, 4.69) is 10.2 Å². The van der Waals surface area contributed by atoms with Gasteiger partial charge in [-0.2, -0.15) is 0 Å². The van der Waals surface area contributed by atoms with E-state index in [0.717, 1.165) is 5.69 Å². The molecule has 0 aliphatic rings. The number of ether oxygens (including phenoxy) is 1. The molecule has 0 spiro atoms. The van der Waals surface area contributed by atoms with Crippen molar-refractivity contribution in [3.05, 3.63) is 60.2 Å². The molecule has 0 bridgehead atoms. The van der Waals surface area contributed by atoms with Gasteiger partial charge in [0.1, 0.15) is 5.75 Å². The van der Waals surface area contributed by atoms with Crippen molar-refractivity contribution in [3.63, 3.8) is 0 Å². The Kier molecular flexibility index (Phi) is 6.39. The predicted molar refractivity (Wildman–Crippen MR) is 97.8 cm³/mol. The highest BCUT2D eigenvalue weighted by Gasteiger charge is 2.11. The number of para-hydroxylation sites is 1. The van der Waals surface area contributed by atoms with Crippen molar-refractivity contribution in [2.45, 2.75) is 13.0 Å². The first-order chi connectivity index (χ1) is 12.0. The number of nitrogens with two attached hydrogens (primary N) is 1. The average molecular weight is 341 g/mol. The van der Waals surface area contributed by atoms with Crippen LogP contribution in [0.2, 0.25) is 0 Å². The lowest BCUT2D eigenvalue weighted by Crippen LogP contribution is -2.41. The summed E-state index contributed by atoms with van der Waals surface area (Å²) in [4.78, 5) is 25.0. The molecule has 1 atom stereocenters. The van der Waals surface area contributed by atoms with Crippen LogP contribution in [0.1, 0.15) is 17.3 Å². The SMILES string of the molecule is CC(CNC(=O)COc1ccc(C(N)=O)cc1)N(C)c1ccccc1. The number of amides is 2. The molecule has 0 radical (unpaired) electrons. The van der Waals surface area contributed by atoms with E-state index in [1.165, 1.54) is 0 Å². The Labute approximate surface area is 147 Å². The zero-order valence-electron chi connectivity index (χ0n) is 14.4. The van der Waals surface area contributed by atoms with E-state index < -0.39 is 5.91 Å². The molecule has 6 nitrogen and oxygen atoms in total. The molecule has 2 aromatic carbocycles. The summed E-state index contributed by atoms with van der Waals surface area (Å²) in [5.41, 5.74) is 6.66.